The van der Waals surface area contributed by atoms with E-state index in [9.17, 15) is 24.0 Å². The van der Waals surface area contributed by atoms with Gasteiger partial charge in [-0.25, -0.2) is 14.6 Å². The van der Waals surface area contributed by atoms with Gasteiger partial charge in [0.25, 0.3) is 11.5 Å². The number of amides is 2. The zero-order chi connectivity index (χ0) is 34.5. The van der Waals surface area contributed by atoms with Crippen LogP contribution in [0.1, 0.15) is 41.6 Å². The summed E-state index contributed by atoms with van der Waals surface area (Å²) in [5, 5.41) is 0. The summed E-state index contributed by atoms with van der Waals surface area (Å²) < 4.78 is 17.5. The number of fused-ring (bicyclic) bond motifs is 2. The number of likely N-dealkylation sites (N-methyl/N-ethyl adjacent to an activating group) is 1. The lowest BCUT2D eigenvalue weighted by atomic mass is 9.96. The normalized spacial score (nSPS) is 15.8. The fourth-order valence-electron chi connectivity index (χ4n) is 5.24. The van der Waals surface area contributed by atoms with E-state index in [-0.39, 0.29) is 34.1 Å². The quantitative estimate of drug-likeness (QED) is 0.121. The molecule has 2 aromatic heterocycles. The number of esters is 2. The van der Waals surface area contributed by atoms with Gasteiger partial charge in [-0.05, 0) is 49.7 Å². The molecule has 4 heterocycles. The summed E-state index contributed by atoms with van der Waals surface area (Å²) in [5.74, 6) is -1.30. The number of aromatic nitrogens is 1. The van der Waals surface area contributed by atoms with Crippen molar-refractivity contribution in [1.29, 1.82) is 0 Å². The molecular formula is C35H32N4O8S. The topological polar surface area (TPSA) is 141 Å². The van der Waals surface area contributed by atoms with Crippen molar-refractivity contribution in [3.05, 3.63) is 127 Å². The molecule has 6 rings (SSSR count). The number of nitrogens with zero attached hydrogens (tertiary/aromatic N) is 4. The highest BCUT2D eigenvalue weighted by atomic mass is 32.1. The van der Waals surface area contributed by atoms with E-state index in [0.29, 0.717) is 33.7 Å². The molecule has 1 unspecified atom stereocenters. The Morgan fingerprint density at radius 1 is 1.06 bits per heavy atom. The molecule has 0 saturated carbocycles. The summed E-state index contributed by atoms with van der Waals surface area (Å²) in [7, 11) is 3.38. The monoisotopic (exact) mass is 668 g/mol. The molecule has 246 valence electrons. The molecule has 1 atom stereocenters. The smallest absolute Gasteiger partial charge is 0.379 e. The van der Waals surface area contributed by atoms with E-state index in [2.05, 4.69) is 11.6 Å². The minimum atomic E-state index is -0.924. The molecule has 0 aliphatic carbocycles. The molecule has 48 heavy (non-hydrogen) atoms. The molecule has 0 radical (unpaired) electrons. The number of carbonyl (C=O) groups is 4. The second-order valence-electron chi connectivity index (χ2n) is 10.7. The average molecular weight is 669 g/mol. The minimum Gasteiger partial charge on any atom is -0.458 e. The fourth-order valence-corrected chi connectivity index (χ4v) is 6.38. The maximum atomic E-state index is 14.2. The number of hydrogen-bond acceptors (Lipinski definition) is 10. The molecular weight excluding hydrogens is 636 g/mol. The van der Waals surface area contributed by atoms with Crippen molar-refractivity contribution >= 4 is 46.9 Å². The van der Waals surface area contributed by atoms with Gasteiger partial charge in [0.15, 0.2) is 4.80 Å². The molecule has 2 amide bonds. The number of hydrogen-bond donors (Lipinski definition) is 0. The van der Waals surface area contributed by atoms with Gasteiger partial charge < -0.3 is 23.7 Å². The summed E-state index contributed by atoms with van der Waals surface area (Å²) in [5.41, 5.74) is 2.33. The van der Waals surface area contributed by atoms with Crippen molar-refractivity contribution in [3.8, 4) is 5.75 Å². The Balaban J connectivity index is 0.000000840. The Labute approximate surface area is 279 Å². The van der Waals surface area contributed by atoms with Crippen molar-refractivity contribution < 1.29 is 33.1 Å². The molecule has 0 saturated heterocycles. The number of rotatable bonds is 8. The number of carbonyl (C=O) groups excluding carboxylic acids is 4. The van der Waals surface area contributed by atoms with Crippen LogP contribution in [0, 0.1) is 0 Å². The Morgan fingerprint density at radius 3 is 2.40 bits per heavy atom. The number of allylic oxidation sites excluding steroid dienone is 1. The fraction of sp³-hybridized carbons (Fsp3) is 0.200. The largest absolute Gasteiger partial charge is 0.458 e. The van der Waals surface area contributed by atoms with Crippen LogP contribution in [-0.2, 0) is 19.1 Å². The van der Waals surface area contributed by atoms with Gasteiger partial charge in [-0.3, -0.25) is 19.0 Å². The minimum absolute atomic E-state index is 0.0310. The Morgan fingerprint density at radius 2 is 1.77 bits per heavy atom. The highest BCUT2D eigenvalue weighted by molar-refractivity contribution is 7.07. The van der Waals surface area contributed by atoms with Crippen LogP contribution < -0.4 is 24.5 Å². The van der Waals surface area contributed by atoms with Crippen LogP contribution in [0.5, 0.6) is 5.75 Å². The lowest BCUT2D eigenvalue weighted by Crippen LogP contribution is -2.41. The first-order valence-electron chi connectivity index (χ1n) is 14.8. The van der Waals surface area contributed by atoms with E-state index < -0.39 is 23.5 Å². The van der Waals surface area contributed by atoms with Gasteiger partial charge in [0.2, 0.25) is 12.2 Å². The Bertz CT molecular complexity index is 2110. The molecule has 2 aliphatic heterocycles. The number of furan rings is 1. The maximum Gasteiger partial charge on any atom is 0.379 e. The SMILES string of the molecule is C=CCOC(=O)C1=C(C)N=c2s/c(=C3\C(=O)N(CC)c4ccccc43)c(=O)n2C1c1ccc(OC(=O)c2ccco2)cc1.CN(C)C=O. The Hall–Kier alpha value is -5.82. The molecule has 13 heteroatoms. The van der Waals surface area contributed by atoms with Crippen molar-refractivity contribution in [3.63, 3.8) is 0 Å². The van der Waals surface area contributed by atoms with Gasteiger partial charge in [-0.2, -0.15) is 0 Å². The molecule has 2 aliphatic rings. The summed E-state index contributed by atoms with van der Waals surface area (Å²) in [6.07, 6.45) is 3.57. The standard InChI is InChI=1S/C32H25N3O7S.C3H7NO/c1-4-16-41-31(39)24-18(3)33-32-35(26(24)19-12-14-20(15-13-19)42-30(38)23-11-8-17-40-23)29(37)27(43-32)25-21-9-6-7-10-22(21)34(5-2)28(25)36;1-4(2)3-5/h4,6-15,17,26H,1,5,16H2,2-3H3;3H,1-2H3/b27-25-;. The number of anilines is 1. The van der Waals surface area contributed by atoms with Crippen LogP contribution in [-0.4, -0.2) is 61.0 Å². The van der Waals surface area contributed by atoms with E-state index in [1.54, 1.807) is 56.3 Å². The Kier molecular flexibility index (Phi) is 9.99. The van der Waals surface area contributed by atoms with Crippen molar-refractivity contribution in [2.45, 2.75) is 19.9 Å². The summed E-state index contributed by atoms with van der Waals surface area (Å²) in [4.78, 5) is 70.9. The van der Waals surface area contributed by atoms with Crippen molar-refractivity contribution in [1.82, 2.24) is 9.47 Å². The second kappa shape index (κ2) is 14.3. The van der Waals surface area contributed by atoms with Crippen LogP contribution in [0.2, 0.25) is 0 Å². The number of para-hydroxylation sites is 1. The first-order valence-corrected chi connectivity index (χ1v) is 15.6. The van der Waals surface area contributed by atoms with Gasteiger partial charge in [-0.1, -0.05) is 54.3 Å². The zero-order valence-electron chi connectivity index (χ0n) is 26.7. The summed E-state index contributed by atoms with van der Waals surface area (Å²) in [6.45, 7) is 7.56. The van der Waals surface area contributed by atoms with Gasteiger partial charge in [0.1, 0.15) is 16.9 Å². The van der Waals surface area contributed by atoms with E-state index in [0.717, 1.165) is 23.4 Å². The molecule has 0 bridgehead atoms. The lowest BCUT2D eigenvalue weighted by Gasteiger charge is -2.24. The molecule has 0 N–H and O–H groups in total. The zero-order valence-corrected chi connectivity index (χ0v) is 27.5. The number of ether oxygens (including phenoxy) is 2. The lowest BCUT2D eigenvalue weighted by molar-refractivity contribution is -0.138. The third-order valence-corrected chi connectivity index (χ3v) is 8.41. The maximum absolute atomic E-state index is 14.2. The highest BCUT2D eigenvalue weighted by Crippen LogP contribution is 2.35. The molecule has 0 fully saturated rings. The van der Waals surface area contributed by atoms with Crippen molar-refractivity contribution in [2.24, 2.45) is 4.99 Å². The number of benzene rings is 2. The van der Waals surface area contributed by atoms with Crippen LogP contribution >= 0.6 is 11.3 Å². The average Bonchev–Trinajstić information content (AvgIpc) is 3.80. The second-order valence-corrected chi connectivity index (χ2v) is 11.7. The van der Waals surface area contributed by atoms with Crippen LogP contribution in [0.4, 0.5) is 5.69 Å². The predicted molar refractivity (Wildman–Crippen MR) is 178 cm³/mol. The van der Waals surface area contributed by atoms with Crippen molar-refractivity contribution in [2.75, 3.05) is 32.1 Å². The van der Waals surface area contributed by atoms with E-state index >= 15 is 0 Å². The third kappa shape index (κ3) is 6.40. The van der Waals surface area contributed by atoms with Crippen LogP contribution in [0.25, 0.3) is 5.57 Å². The first-order chi connectivity index (χ1) is 23.1. The van der Waals surface area contributed by atoms with E-state index in [4.69, 9.17) is 13.9 Å². The third-order valence-electron chi connectivity index (χ3n) is 7.36. The van der Waals surface area contributed by atoms with E-state index in [1.807, 2.05) is 31.2 Å². The molecule has 4 aromatic rings. The van der Waals surface area contributed by atoms with E-state index in [1.165, 1.54) is 27.9 Å². The summed E-state index contributed by atoms with van der Waals surface area (Å²) >= 11 is 1.10. The van der Waals surface area contributed by atoms with Crippen LogP contribution in [0.15, 0.2) is 105 Å². The van der Waals surface area contributed by atoms with Gasteiger partial charge in [0.05, 0.1) is 34.8 Å². The molecule has 0 spiro atoms. The van der Waals surface area contributed by atoms with Gasteiger partial charge >= 0.3 is 11.9 Å². The molecule has 12 nitrogen and oxygen atoms in total. The van der Waals surface area contributed by atoms with Gasteiger partial charge in [0, 0.05) is 26.2 Å². The van der Waals surface area contributed by atoms with Gasteiger partial charge in [-0.15, -0.1) is 0 Å². The first kappa shape index (κ1) is 33.5. The number of thiazole rings is 1. The van der Waals surface area contributed by atoms with Crippen LogP contribution in [0.3, 0.4) is 0 Å². The predicted octanol–water partition coefficient (Wildman–Crippen LogP) is 3.22. The molecule has 2 aromatic carbocycles. The summed E-state index contributed by atoms with van der Waals surface area (Å²) in [6, 6.07) is 15.9. The highest BCUT2D eigenvalue weighted by Gasteiger charge is 2.37.